The number of hydrogen-bond acceptors (Lipinski definition) is 6. The molecule has 1 N–H and O–H groups in total. The maximum atomic E-state index is 12.7. The number of rotatable bonds is 9. The number of anilines is 1. The predicted molar refractivity (Wildman–Crippen MR) is 101 cm³/mol. The van der Waals surface area contributed by atoms with Crippen LogP contribution in [0, 0.1) is 12.8 Å². The number of methoxy groups -OCH3 is 1. The SMILES string of the molecule is C=CCOC(C)C(=O)OC(C(=O)Nc1cc(C(=O)OC)ccc1C)C(C)C. The molecule has 0 fully saturated rings. The molecule has 7 heteroatoms. The average Bonchev–Trinajstić information content (AvgIpc) is 2.64. The molecule has 0 aliphatic heterocycles. The zero-order chi connectivity index (χ0) is 20.6. The van der Waals surface area contributed by atoms with Gasteiger partial charge in [0.1, 0.15) is 0 Å². The second kappa shape index (κ2) is 10.5. The third-order valence-corrected chi connectivity index (χ3v) is 3.82. The fourth-order valence-electron chi connectivity index (χ4n) is 2.20. The van der Waals surface area contributed by atoms with Crippen molar-refractivity contribution in [2.24, 2.45) is 5.92 Å². The molecule has 27 heavy (non-hydrogen) atoms. The zero-order valence-corrected chi connectivity index (χ0v) is 16.4. The van der Waals surface area contributed by atoms with E-state index in [0.717, 1.165) is 5.56 Å². The van der Waals surface area contributed by atoms with E-state index < -0.39 is 30.1 Å². The molecule has 0 aliphatic carbocycles. The van der Waals surface area contributed by atoms with E-state index in [4.69, 9.17) is 14.2 Å². The summed E-state index contributed by atoms with van der Waals surface area (Å²) >= 11 is 0. The van der Waals surface area contributed by atoms with E-state index in [2.05, 4.69) is 11.9 Å². The number of nitrogens with one attached hydrogen (secondary N) is 1. The lowest BCUT2D eigenvalue weighted by atomic mass is 10.1. The Morgan fingerprint density at radius 2 is 1.89 bits per heavy atom. The summed E-state index contributed by atoms with van der Waals surface area (Å²) in [6.07, 6.45) is -0.303. The van der Waals surface area contributed by atoms with Crippen molar-refractivity contribution in [3.63, 3.8) is 0 Å². The molecule has 148 valence electrons. The number of amides is 1. The average molecular weight is 377 g/mol. The Bertz CT molecular complexity index is 698. The lowest BCUT2D eigenvalue weighted by Crippen LogP contribution is -2.39. The van der Waals surface area contributed by atoms with Crippen molar-refractivity contribution in [1.29, 1.82) is 0 Å². The Morgan fingerprint density at radius 1 is 1.22 bits per heavy atom. The summed E-state index contributed by atoms with van der Waals surface area (Å²) in [5.41, 5.74) is 1.51. The smallest absolute Gasteiger partial charge is 0.337 e. The molecule has 1 aromatic rings. The highest BCUT2D eigenvalue weighted by Crippen LogP contribution is 2.20. The van der Waals surface area contributed by atoms with E-state index in [-0.39, 0.29) is 12.5 Å². The molecule has 0 aromatic heterocycles. The highest BCUT2D eigenvalue weighted by molar-refractivity contribution is 5.98. The Labute approximate surface area is 159 Å². The molecule has 0 aliphatic rings. The van der Waals surface area contributed by atoms with Crippen LogP contribution in [0.15, 0.2) is 30.9 Å². The molecule has 1 rings (SSSR count). The van der Waals surface area contributed by atoms with Crippen molar-refractivity contribution in [3.8, 4) is 0 Å². The van der Waals surface area contributed by atoms with Gasteiger partial charge in [-0.2, -0.15) is 0 Å². The van der Waals surface area contributed by atoms with Crippen LogP contribution in [-0.2, 0) is 23.8 Å². The van der Waals surface area contributed by atoms with Gasteiger partial charge in [-0.05, 0) is 37.5 Å². The lowest BCUT2D eigenvalue weighted by molar-refractivity contribution is -0.166. The van der Waals surface area contributed by atoms with Gasteiger partial charge in [-0.1, -0.05) is 26.0 Å². The van der Waals surface area contributed by atoms with E-state index in [1.54, 1.807) is 39.8 Å². The Kier molecular flexibility index (Phi) is 8.68. The minimum Gasteiger partial charge on any atom is -0.465 e. The van der Waals surface area contributed by atoms with Crippen molar-refractivity contribution in [2.75, 3.05) is 19.0 Å². The largest absolute Gasteiger partial charge is 0.465 e. The van der Waals surface area contributed by atoms with Crippen LogP contribution < -0.4 is 5.32 Å². The Balaban J connectivity index is 2.92. The van der Waals surface area contributed by atoms with E-state index in [0.29, 0.717) is 11.3 Å². The lowest BCUT2D eigenvalue weighted by Gasteiger charge is -2.23. The van der Waals surface area contributed by atoms with Crippen LogP contribution in [0.4, 0.5) is 5.69 Å². The molecule has 0 heterocycles. The first-order chi connectivity index (χ1) is 12.7. The predicted octanol–water partition coefficient (Wildman–Crippen LogP) is 2.88. The monoisotopic (exact) mass is 377 g/mol. The Morgan fingerprint density at radius 3 is 2.44 bits per heavy atom. The van der Waals surface area contributed by atoms with E-state index in [1.165, 1.54) is 19.3 Å². The fraction of sp³-hybridized carbons (Fsp3) is 0.450. The molecule has 0 saturated carbocycles. The maximum Gasteiger partial charge on any atom is 0.337 e. The molecule has 2 atom stereocenters. The van der Waals surface area contributed by atoms with Crippen molar-refractivity contribution in [1.82, 2.24) is 0 Å². The molecule has 0 radical (unpaired) electrons. The van der Waals surface area contributed by atoms with Gasteiger partial charge in [-0.15, -0.1) is 6.58 Å². The van der Waals surface area contributed by atoms with Crippen molar-refractivity contribution in [2.45, 2.75) is 39.9 Å². The second-order valence-electron chi connectivity index (χ2n) is 6.38. The molecule has 0 bridgehead atoms. The molecule has 0 saturated heterocycles. The number of ether oxygens (including phenoxy) is 3. The molecule has 1 aromatic carbocycles. The number of hydrogen-bond donors (Lipinski definition) is 1. The van der Waals surface area contributed by atoms with Crippen LogP contribution in [0.3, 0.4) is 0 Å². The number of aryl methyl sites for hydroxylation is 1. The minimum absolute atomic E-state index is 0.203. The fourth-order valence-corrected chi connectivity index (χ4v) is 2.20. The summed E-state index contributed by atoms with van der Waals surface area (Å²) in [7, 11) is 1.28. The molecular formula is C20H27NO6. The first-order valence-electron chi connectivity index (χ1n) is 8.64. The van der Waals surface area contributed by atoms with Gasteiger partial charge in [0.2, 0.25) is 0 Å². The van der Waals surface area contributed by atoms with Crippen molar-refractivity contribution in [3.05, 3.63) is 42.0 Å². The molecule has 0 spiro atoms. The molecule has 7 nitrogen and oxygen atoms in total. The zero-order valence-electron chi connectivity index (χ0n) is 16.4. The van der Waals surface area contributed by atoms with Crippen molar-refractivity contribution < 1.29 is 28.6 Å². The van der Waals surface area contributed by atoms with E-state index in [9.17, 15) is 14.4 Å². The van der Waals surface area contributed by atoms with Gasteiger partial charge in [-0.3, -0.25) is 4.79 Å². The van der Waals surface area contributed by atoms with Gasteiger partial charge in [0.25, 0.3) is 5.91 Å². The van der Waals surface area contributed by atoms with Gasteiger partial charge >= 0.3 is 11.9 Å². The minimum atomic E-state index is -1.01. The van der Waals surface area contributed by atoms with Crippen LogP contribution in [0.1, 0.15) is 36.7 Å². The van der Waals surface area contributed by atoms with E-state index in [1.807, 2.05) is 0 Å². The van der Waals surface area contributed by atoms with Gasteiger partial charge in [0, 0.05) is 5.69 Å². The molecule has 2 unspecified atom stereocenters. The summed E-state index contributed by atoms with van der Waals surface area (Å²) < 4.78 is 15.3. The summed E-state index contributed by atoms with van der Waals surface area (Å²) in [6.45, 7) is 10.6. The standard InChI is InChI=1S/C20H27NO6/c1-7-10-26-14(5)19(23)27-17(12(2)3)18(22)21-16-11-15(20(24)25-6)9-8-13(16)4/h7-9,11-12,14,17H,1,10H2,2-6H3,(H,21,22). The topological polar surface area (TPSA) is 90.9 Å². The third kappa shape index (κ3) is 6.53. The number of carbonyl (C=O) groups is 3. The molecule has 1 amide bonds. The second-order valence-corrected chi connectivity index (χ2v) is 6.38. The first kappa shape index (κ1) is 22.4. The van der Waals surface area contributed by atoms with Gasteiger partial charge in [-0.25, -0.2) is 9.59 Å². The normalized spacial score (nSPS) is 12.8. The van der Waals surface area contributed by atoms with Crippen LogP contribution in [0.5, 0.6) is 0 Å². The summed E-state index contributed by atoms with van der Waals surface area (Å²) in [6, 6.07) is 4.83. The number of carbonyl (C=O) groups excluding carboxylic acids is 3. The summed E-state index contributed by atoms with van der Waals surface area (Å²) in [5, 5.41) is 2.72. The van der Waals surface area contributed by atoms with Crippen molar-refractivity contribution >= 4 is 23.5 Å². The highest BCUT2D eigenvalue weighted by Gasteiger charge is 2.29. The Hall–Kier alpha value is -2.67. The van der Waals surface area contributed by atoms with Gasteiger partial charge < -0.3 is 19.5 Å². The van der Waals surface area contributed by atoms with Crippen LogP contribution in [0.2, 0.25) is 0 Å². The maximum absolute atomic E-state index is 12.7. The quantitative estimate of drug-likeness (QED) is 0.526. The van der Waals surface area contributed by atoms with Gasteiger partial charge in [0.05, 0.1) is 19.3 Å². The number of esters is 2. The summed E-state index contributed by atoms with van der Waals surface area (Å²) in [5.74, 6) is -1.89. The first-order valence-corrected chi connectivity index (χ1v) is 8.64. The molecular weight excluding hydrogens is 350 g/mol. The third-order valence-electron chi connectivity index (χ3n) is 3.82. The summed E-state index contributed by atoms with van der Waals surface area (Å²) in [4.78, 5) is 36.5. The van der Waals surface area contributed by atoms with Crippen LogP contribution in [0.25, 0.3) is 0 Å². The van der Waals surface area contributed by atoms with Gasteiger partial charge in [0.15, 0.2) is 12.2 Å². The highest BCUT2D eigenvalue weighted by atomic mass is 16.6. The van der Waals surface area contributed by atoms with E-state index >= 15 is 0 Å². The van der Waals surface area contributed by atoms with Crippen LogP contribution in [-0.4, -0.2) is 43.8 Å². The van der Waals surface area contributed by atoms with Crippen LogP contribution >= 0.6 is 0 Å². The number of benzene rings is 1.